The normalized spacial score (nSPS) is 13.6. The van der Waals surface area contributed by atoms with E-state index in [0.29, 0.717) is 0 Å². The standard InChI is InChI=1S/C10H22O3/c1-2-9(10(12)13)7-5-3-4-6-8-11/h9-13H,2-8H2,1H3. The van der Waals surface area contributed by atoms with E-state index in [1.54, 1.807) is 0 Å². The molecule has 0 radical (unpaired) electrons. The molecule has 3 N–H and O–H groups in total. The minimum atomic E-state index is -1.16. The highest BCUT2D eigenvalue weighted by Gasteiger charge is 2.13. The highest BCUT2D eigenvalue weighted by Crippen LogP contribution is 2.16. The fraction of sp³-hybridized carbons (Fsp3) is 1.00. The van der Waals surface area contributed by atoms with Gasteiger partial charge in [0.1, 0.15) is 0 Å². The molecule has 13 heavy (non-hydrogen) atoms. The molecule has 0 aromatic carbocycles. The molecule has 0 aromatic heterocycles. The van der Waals surface area contributed by atoms with Crippen LogP contribution in [-0.2, 0) is 0 Å². The quantitative estimate of drug-likeness (QED) is 0.399. The second kappa shape index (κ2) is 8.48. The zero-order valence-electron chi connectivity index (χ0n) is 8.45. The molecular weight excluding hydrogens is 168 g/mol. The fourth-order valence-corrected chi connectivity index (χ4v) is 1.44. The van der Waals surface area contributed by atoms with Gasteiger partial charge in [0.2, 0.25) is 0 Å². The van der Waals surface area contributed by atoms with Crippen LogP contribution >= 0.6 is 0 Å². The van der Waals surface area contributed by atoms with E-state index in [4.69, 9.17) is 15.3 Å². The van der Waals surface area contributed by atoms with Crippen LogP contribution in [0.25, 0.3) is 0 Å². The van der Waals surface area contributed by atoms with Gasteiger partial charge < -0.3 is 15.3 Å². The van der Waals surface area contributed by atoms with Crippen molar-refractivity contribution in [2.24, 2.45) is 5.92 Å². The zero-order valence-corrected chi connectivity index (χ0v) is 8.45. The van der Waals surface area contributed by atoms with Crippen molar-refractivity contribution in [3.8, 4) is 0 Å². The van der Waals surface area contributed by atoms with Gasteiger partial charge in [0.15, 0.2) is 6.29 Å². The van der Waals surface area contributed by atoms with Crippen LogP contribution in [0, 0.1) is 5.92 Å². The molecule has 1 unspecified atom stereocenters. The molecule has 3 nitrogen and oxygen atoms in total. The Bertz CT molecular complexity index is 104. The molecule has 0 fully saturated rings. The molecule has 0 aromatic rings. The molecule has 0 aliphatic carbocycles. The highest BCUT2D eigenvalue weighted by atomic mass is 16.5. The van der Waals surface area contributed by atoms with Gasteiger partial charge in [0.05, 0.1) is 0 Å². The Hall–Kier alpha value is -0.120. The second-order valence-electron chi connectivity index (χ2n) is 3.51. The molecule has 0 spiro atoms. The highest BCUT2D eigenvalue weighted by molar-refractivity contribution is 4.58. The molecule has 0 saturated heterocycles. The van der Waals surface area contributed by atoms with Crippen molar-refractivity contribution in [2.75, 3.05) is 6.61 Å². The summed E-state index contributed by atoms with van der Waals surface area (Å²) in [6.45, 7) is 2.23. The van der Waals surface area contributed by atoms with Crippen LogP contribution in [0.5, 0.6) is 0 Å². The van der Waals surface area contributed by atoms with Gasteiger partial charge in [-0.2, -0.15) is 0 Å². The smallest absolute Gasteiger partial charge is 0.154 e. The first-order valence-corrected chi connectivity index (χ1v) is 5.19. The molecule has 0 heterocycles. The summed E-state index contributed by atoms with van der Waals surface area (Å²) in [5.41, 5.74) is 0. The van der Waals surface area contributed by atoms with Crippen LogP contribution in [0.3, 0.4) is 0 Å². The first-order valence-electron chi connectivity index (χ1n) is 5.19. The third kappa shape index (κ3) is 6.99. The van der Waals surface area contributed by atoms with Crippen molar-refractivity contribution in [3.63, 3.8) is 0 Å². The van der Waals surface area contributed by atoms with Crippen molar-refractivity contribution in [2.45, 2.75) is 51.7 Å². The number of hydrogen-bond donors (Lipinski definition) is 3. The molecule has 0 saturated carbocycles. The first-order chi connectivity index (χ1) is 6.22. The lowest BCUT2D eigenvalue weighted by Crippen LogP contribution is -2.18. The van der Waals surface area contributed by atoms with Gasteiger partial charge in [0.25, 0.3) is 0 Å². The summed E-state index contributed by atoms with van der Waals surface area (Å²) in [4.78, 5) is 0. The predicted molar refractivity (Wildman–Crippen MR) is 52.2 cm³/mol. The van der Waals surface area contributed by atoms with Crippen LogP contribution in [0.4, 0.5) is 0 Å². The maximum atomic E-state index is 8.93. The summed E-state index contributed by atoms with van der Waals surface area (Å²) in [5, 5.41) is 26.4. The summed E-state index contributed by atoms with van der Waals surface area (Å²) in [6, 6.07) is 0. The SMILES string of the molecule is CCC(CCCCCCO)C(O)O. The van der Waals surface area contributed by atoms with Crippen molar-refractivity contribution in [3.05, 3.63) is 0 Å². The minimum absolute atomic E-state index is 0.0223. The van der Waals surface area contributed by atoms with Crippen LogP contribution in [0.1, 0.15) is 45.4 Å². The van der Waals surface area contributed by atoms with Gasteiger partial charge in [-0.15, -0.1) is 0 Å². The van der Waals surface area contributed by atoms with Gasteiger partial charge in [-0.1, -0.05) is 26.2 Å². The number of unbranched alkanes of at least 4 members (excludes halogenated alkanes) is 3. The Morgan fingerprint density at radius 2 is 1.62 bits per heavy atom. The molecular formula is C10H22O3. The van der Waals surface area contributed by atoms with E-state index in [1.807, 2.05) is 6.92 Å². The monoisotopic (exact) mass is 190 g/mol. The molecule has 80 valence electrons. The Morgan fingerprint density at radius 3 is 2.08 bits per heavy atom. The van der Waals surface area contributed by atoms with Crippen molar-refractivity contribution in [1.82, 2.24) is 0 Å². The van der Waals surface area contributed by atoms with E-state index < -0.39 is 6.29 Å². The van der Waals surface area contributed by atoms with Crippen molar-refractivity contribution in [1.29, 1.82) is 0 Å². The topological polar surface area (TPSA) is 60.7 Å². The van der Waals surface area contributed by atoms with E-state index in [2.05, 4.69) is 0 Å². The van der Waals surface area contributed by atoms with E-state index in [1.165, 1.54) is 0 Å². The maximum Gasteiger partial charge on any atom is 0.154 e. The molecule has 0 bridgehead atoms. The lowest BCUT2D eigenvalue weighted by Gasteiger charge is -2.16. The number of hydrogen-bond acceptors (Lipinski definition) is 3. The van der Waals surface area contributed by atoms with Gasteiger partial charge in [-0.25, -0.2) is 0 Å². The summed E-state index contributed by atoms with van der Waals surface area (Å²) in [6.07, 6.45) is 4.52. The van der Waals surface area contributed by atoms with E-state index in [-0.39, 0.29) is 12.5 Å². The third-order valence-corrected chi connectivity index (χ3v) is 2.43. The van der Waals surface area contributed by atoms with Gasteiger partial charge in [0, 0.05) is 12.5 Å². The summed E-state index contributed by atoms with van der Waals surface area (Å²) < 4.78 is 0. The fourth-order valence-electron chi connectivity index (χ4n) is 1.44. The first kappa shape index (κ1) is 12.9. The summed E-state index contributed by atoms with van der Waals surface area (Å²) in [7, 11) is 0. The average Bonchev–Trinajstić information content (AvgIpc) is 2.10. The van der Waals surface area contributed by atoms with Gasteiger partial charge >= 0.3 is 0 Å². The summed E-state index contributed by atoms with van der Waals surface area (Å²) >= 11 is 0. The van der Waals surface area contributed by atoms with Crippen LogP contribution in [0.15, 0.2) is 0 Å². The van der Waals surface area contributed by atoms with Crippen LogP contribution in [0.2, 0.25) is 0 Å². The molecule has 0 amide bonds. The van der Waals surface area contributed by atoms with Gasteiger partial charge in [-0.3, -0.25) is 0 Å². The van der Waals surface area contributed by atoms with E-state index >= 15 is 0 Å². The lowest BCUT2D eigenvalue weighted by atomic mass is 9.98. The lowest BCUT2D eigenvalue weighted by molar-refractivity contribution is -0.0872. The molecule has 0 aliphatic heterocycles. The Labute approximate surface area is 80.4 Å². The number of rotatable bonds is 8. The molecule has 3 heteroatoms. The number of aliphatic hydroxyl groups is 3. The molecule has 1 atom stereocenters. The Balaban J connectivity index is 3.28. The average molecular weight is 190 g/mol. The van der Waals surface area contributed by atoms with Crippen molar-refractivity contribution < 1.29 is 15.3 Å². The van der Waals surface area contributed by atoms with Gasteiger partial charge in [-0.05, 0) is 19.3 Å². The maximum absolute atomic E-state index is 8.93. The van der Waals surface area contributed by atoms with E-state index in [0.717, 1.165) is 38.5 Å². The van der Waals surface area contributed by atoms with Crippen LogP contribution in [-0.4, -0.2) is 28.2 Å². The van der Waals surface area contributed by atoms with E-state index in [9.17, 15) is 0 Å². The second-order valence-corrected chi connectivity index (χ2v) is 3.51. The van der Waals surface area contributed by atoms with Crippen LogP contribution < -0.4 is 0 Å². The Kier molecular flexibility index (Phi) is 8.40. The minimum Gasteiger partial charge on any atom is -0.396 e. The zero-order chi connectivity index (χ0) is 10.1. The Morgan fingerprint density at radius 1 is 1.00 bits per heavy atom. The summed E-state index contributed by atoms with van der Waals surface area (Å²) in [5.74, 6) is 0.0223. The number of aliphatic hydroxyl groups excluding tert-OH is 2. The third-order valence-electron chi connectivity index (χ3n) is 2.43. The largest absolute Gasteiger partial charge is 0.396 e. The van der Waals surface area contributed by atoms with Crippen molar-refractivity contribution >= 4 is 0 Å². The molecule has 0 rings (SSSR count). The molecule has 0 aliphatic rings. The predicted octanol–water partition coefficient (Wildman–Crippen LogP) is 1.27.